The van der Waals surface area contributed by atoms with Crippen molar-refractivity contribution in [2.45, 2.75) is 13.0 Å². The van der Waals surface area contributed by atoms with Gasteiger partial charge >= 0.3 is 12.1 Å². The van der Waals surface area contributed by atoms with Gasteiger partial charge in [0.15, 0.2) is 0 Å². The van der Waals surface area contributed by atoms with Crippen LogP contribution in [0.15, 0.2) is 30.3 Å². The van der Waals surface area contributed by atoms with Crippen molar-refractivity contribution in [1.82, 2.24) is 0 Å². The fraction of sp³-hybridized carbons (Fsp3) is 0.167. The molecular weight excluding hydrogens is 220 g/mol. The molecule has 1 amide bonds. The second-order valence-electron chi connectivity index (χ2n) is 3.53. The average molecular weight is 234 g/mol. The van der Waals surface area contributed by atoms with E-state index in [1.807, 2.05) is 31.2 Å². The zero-order valence-electron chi connectivity index (χ0n) is 9.42. The summed E-state index contributed by atoms with van der Waals surface area (Å²) in [5.74, 6) is -0.797. The van der Waals surface area contributed by atoms with Crippen LogP contribution in [0.5, 0.6) is 0 Å². The van der Waals surface area contributed by atoms with Gasteiger partial charge in [0.2, 0.25) is 0 Å². The van der Waals surface area contributed by atoms with Crippen molar-refractivity contribution in [2.75, 3.05) is 0 Å². The van der Waals surface area contributed by atoms with Gasteiger partial charge in [0.05, 0.1) is 0 Å². The normalized spacial score (nSPS) is 12.4. The molecule has 1 aromatic carbocycles. The van der Waals surface area contributed by atoms with Crippen molar-refractivity contribution in [3.63, 3.8) is 0 Å². The molecule has 90 valence electrons. The summed E-state index contributed by atoms with van der Waals surface area (Å²) >= 11 is 0. The molecule has 0 spiro atoms. The van der Waals surface area contributed by atoms with Crippen LogP contribution in [-0.4, -0.2) is 12.1 Å². The maximum absolute atomic E-state index is 11.0. The first kappa shape index (κ1) is 12.9. The lowest BCUT2D eigenvalue weighted by molar-refractivity contribution is -0.131. The fourth-order valence-corrected chi connectivity index (χ4v) is 1.21. The molecule has 5 nitrogen and oxygen atoms in total. The first-order valence-electron chi connectivity index (χ1n) is 5.04. The van der Waals surface area contributed by atoms with E-state index in [1.54, 1.807) is 0 Å². The Labute approximate surface area is 99.0 Å². The highest BCUT2D eigenvalue weighted by Crippen LogP contribution is 2.11. The monoisotopic (exact) mass is 234 g/mol. The summed E-state index contributed by atoms with van der Waals surface area (Å²) in [6.45, 7) is 1.88. The number of carbonyl (C=O) groups is 2. The number of rotatable bonds is 3. The van der Waals surface area contributed by atoms with E-state index in [2.05, 4.69) is 10.5 Å². The molecule has 1 rings (SSSR count). The second-order valence-corrected chi connectivity index (χ2v) is 3.53. The number of primary amides is 1. The lowest BCUT2D eigenvalue weighted by Gasteiger charge is -2.04. The standard InChI is InChI=1S/C12H14N2O3/c1-8(13)10-5-2-9(3-6-10)4-7-11(15)17-12(14)16/h2-8H,13H2,1H3,(H2,14,16). The highest BCUT2D eigenvalue weighted by atomic mass is 16.6. The topological polar surface area (TPSA) is 95.4 Å². The van der Waals surface area contributed by atoms with E-state index in [1.165, 1.54) is 6.08 Å². The molecule has 1 atom stereocenters. The Kier molecular flexibility index (Phi) is 4.42. The van der Waals surface area contributed by atoms with E-state index in [9.17, 15) is 9.59 Å². The first-order valence-corrected chi connectivity index (χ1v) is 5.04. The van der Waals surface area contributed by atoms with Crippen LogP contribution in [-0.2, 0) is 9.53 Å². The molecule has 1 unspecified atom stereocenters. The molecule has 0 aliphatic rings. The van der Waals surface area contributed by atoms with Crippen LogP contribution in [0.4, 0.5) is 4.79 Å². The molecule has 1 aromatic rings. The van der Waals surface area contributed by atoms with Crippen molar-refractivity contribution in [3.05, 3.63) is 41.5 Å². The number of carbonyl (C=O) groups excluding carboxylic acids is 2. The van der Waals surface area contributed by atoms with E-state index >= 15 is 0 Å². The van der Waals surface area contributed by atoms with Crippen molar-refractivity contribution >= 4 is 18.1 Å². The summed E-state index contributed by atoms with van der Waals surface area (Å²) in [7, 11) is 0. The third-order valence-electron chi connectivity index (χ3n) is 2.08. The van der Waals surface area contributed by atoms with E-state index in [0.717, 1.165) is 17.2 Å². The largest absolute Gasteiger partial charge is 0.412 e. The quantitative estimate of drug-likeness (QED) is 0.468. The van der Waals surface area contributed by atoms with Gasteiger partial charge in [-0.1, -0.05) is 24.3 Å². The van der Waals surface area contributed by atoms with Gasteiger partial charge in [0.25, 0.3) is 0 Å². The van der Waals surface area contributed by atoms with Crippen LogP contribution >= 0.6 is 0 Å². The number of hydrogen-bond donors (Lipinski definition) is 2. The van der Waals surface area contributed by atoms with Gasteiger partial charge in [0, 0.05) is 12.1 Å². The van der Waals surface area contributed by atoms with Crippen LogP contribution in [0, 0.1) is 0 Å². The molecule has 0 aliphatic carbocycles. The molecule has 5 heteroatoms. The molecule has 0 aromatic heterocycles. The number of ether oxygens (including phenoxy) is 1. The Morgan fingerprint density at radius 1 is 1.29 bits per heavy atom. The van der Waals surface area contributed by atoms with Crippen molar-refractivity contribution in [3.8, 4) is 0 Å². The minimum atomic E-state index is -1.12. The number of esters is 1. The van der Waals surface area contributed by atoms with Crippen LogP contribution in [0.25, 0.3) is 6.08 Å². The fourth-order valence-electron chi connectivity index (χ4n) is 1.21. The summed E-state index contributed by atoms with van der Waals surface area (Å²) in [5.41, 5.74) is 12.2. The zero-order chi connectivity index (χ0) is 12.8. The Balaban J connectivity index is 2.66. The van der Waals surface area contributed by atoms with E-state index in [-0.39, 0.29) is 6.04 Å². The molecule has 0 fully saturated rings. The summed E-state index contributed by atoms with van der Waals surface area (Å²) < 4.78 is 4.13. The summed E-state index contributed by atoms with van der Waals surface area (Å²) in [4.78, 5) is 21.2. The highest BCUT2D eigenvalue weighted by molar-refractivity contribution is 5.93. The zero-order valence-corrected chi connectivity index (χ0v) is 9.42. The van der Waals surface area contributed by atoms with Gasteiger partial charge in [-0.3, -0.25) is 0 Å². The summed E-state index contributed by atoms with van der Waals surface area (Å²) in [5, 5.41) is 0. The summed E-state index contributed by atoms with van der Waals surface area (Å²) in [6.07, 6.45) is 1.54. The summed E-state index contributed by atoms with van der Waals surface area (Å²) in [6, 6.07) is 7.32. The van der Waals surface area contributed by atoms with Crippen LogP contribution < -0.4 is 11.5 Å². The molecule has 4 N–H and O–H groups in total. The molecule has 0 bridgehead atoms. The third-order valence-corrected chi connectivity index (χ3v) is 2.08. The minimum absolute atomic E-state index is 0.0344. The second kappa shape index (κ2) is 5.81. The predicted molar refractivity (Wildman–Crippen MR) is 63.8 cm³/mol. The average Bonchev–Trinajstić information content (AvgIpc) is 2.26. The van der Waals surface area contributed by atoms with Gasteiger partial charge in [-0.2, -0.15) is 0 Å². The lowest BCUT2D eigenvalue weighted by atomic mass is 10.1. The van der Waals surface area contributed by atoms with E-state index in [4.69, 9.17) is 5.73 Å². The first-order chi connectivity index (χ1) is 7.99. The van der Waals surface area contributed by atoms with Crippen molar-refractivity contribution < 1.29 is 14.3 Å². The van der Waals surface area contributed by atoms with Gasteiger partial charge in [-0.15, -0.1) is 0 Å². The number of nitrogens with two attached hydrogens (primary N) is 2. The number of hydrogen-bond acceptors (Lipinski definition) is 4. The van der Waals surface area contributed by atoms with E-state index in [0.29, 0.717) is 0 Å². The van der Waals surface area contributed by atoms with Crippen LogP contribution in [0.2, 0.25) is 0 Å². The van der Waals surface area contributed by atoms with E-state index < -0.39 is 12.1 Å². The highest BCUT2D eigenvalue weighted by Gasteiger charge is 2.01. The van der Waals surface area contributed by atoms with Gasteiger partial charge < -0.3 is 16.2 Å². The maximum atomic E-state index is 11.0. The van der Waals surface area contributed by atoms with Crippen molar-refractivity contribution in [2.24, 2.45) is 11.5 Å². The Hall–Kier alpha value is -2.14. The predicted octanol–water partition coefficient (Wildman–Crippen LogP) is 1.34. The lowest BCUT2D eigenvalue weighted by Crippen LogP contribution is -2.16. The SMILES string of the molecule is CC(N)c1ccc(C=CC(=O)OC(N)=O)cc1. The Bertz CT molecular complexity index is 436. The van der Waals surface area contributed by atoms with Gasteiger partial charge in [0.1, 0.15) is 0 Å². The number of benzene rings is 1. The smallest absolute Gasteiger partial charge is 0.373 e. The molecule has 0 heterocycles. The molecule has 0 radical (unpaired) electrons. The van der Waals surface area contributed by atoms with Gasteiger partial charge in [-0.25, -0.2) is 9.59 Å². The third kappa shape index (κ3) is 4.48. The maximum Gasteiger partial charge on any atom is 0.412 e. The molecule has 0 aliphatic heterocycles. The molecular formula is C12H14N2O3. The minimum Gasteiger partial charge on any atom is -0.373 e. The Morgan fingerprint density at radius 2 is 1.88 bits per heavy atom. The van der Waals surface area contributed by atoms with Crippen LogP contribution in [0.1, 0.15) is 24.1 Å². The van der Waals surface area contributed by atoms with Gasteiger partial charge in [-0.05, 0) is 24.1 Å². The number of amides is 1. The molecule has 0 saturated carbocycles. The molecule has 0 saturated heterocycles. The Morgan fingerprint density at radius 3 is 2.35 bits per heavy atom. The molecule has 17 heavy (non-hydrogen) atoms. The van der Waals surface area contributed by atoms with Crippen LogP contribution in [0.3, 0.4) is 0 Å². The van der Waals surface area contributed by atoms with Crippen molar-refractivity contribution in [1.29, 1.82) is 0 Å².